The molecule has 104 valence electrons. The van der Waals surface area contributed by atoms with Gasteiger partial charge in [-0.15, -0.1) is 0 Å². The summed E-state index contributed by atoms with van der Waals surface area (Å²) >= 11 is 5.77. The summed E-state index contributed by atoms with van der Waals surface area (Å²) < 4.78 is 40.1. The van der Waals surface area contributed by atoms with E-state index in [1.165, 1.54) is 25.1 Å². The van der Waals surface area contributed by atoms with Crippen LogP contribution in [0.15, 0.2) is 18.2 Å². The second kappa shape index (κ2) is 4.38. The van der Waals surface area contributed by atoms with Crippen molar-refractivity contribution in [3.8, 4) is 0 Å². The van der Waals surface area contributed by atoms with Crippen molar-refractivity contribution in [3.05, 3.63) is 28.8 Å². The van der Waals surface area contributed by atoms with Crippen LogP contribution in [0.2, 0.25) is 5.02 Å². The molecule has 0 spiro atoms. The van der Waals surface area contributed by atoms with Crippen LogP contribution < -0.4 is 10.6 Å². The molecule has 19 heavy (non-hydrogen) atoms. The number of rotatable bonds is 0. The fraction of sp³-hybridized carbons (Fsp3) is 0.417. The van der Waals surface area contributed by atoms with Gasteiger partial charge in [-0.1, -0.05) is 11.6 Å². The van der Waals surface area contributed by atoms with Crippen LogP contribution in [0.4, 0.5) is 18.9 Å². The molecule has 3 nitrogen and oxygen atoms in total. The number of amides is 1. The number of anilines is 1. The molecule has 1 aromatic rings. The van der Waals surface area contributed by atoms with Crippen molar-refractivity contribution < 1.29 is 18.0 Å². The van der Waals surface area contributed by atoms with E-state index >= 15 is 0 Å². The first-order valence-electron chi connectivity index (χ1n) is 5.60. The number of hydrogen-bond donors (Lipinski definition) is 2. The van der Waals surface area contributed by atoms with Crippen LogP contribution in [0.5, 0.6) is 0 Å². The van der Waals surface area contributed by atoms with Crippen molar-refractivity contribution in [1.29, 1.82) is 0 Å². The maximum absolute atomic E-state index is 13.4. The fourth-order valence-corrected chi connectivity index (χ4v) is 2.26. The van der Waals surface area contributed by atoms with Gasteiger partial charge in [-0.2, -0.15) is 13.2 Å². The minimum Gasteiger partial charge on any atom is -0.324 e. The summed E-state index contributed by atoms with van der Waals surface area (Å²) in [4.78, 5) is 11.7. The van der Waals surface area contributed by atoms with Crippen molar-refractivity contribution >= 4 is 23.2 Å². The minimum atomic E-state index is -4.56. The number of halogens is 4. The third kappa shape index (κ3) is 2.30. The van der Waals surface area contributed by atoms with E-state index in [2.05, 4.69) is 10.6 Å². The molecule has 1 amide bonds. The average Bonchev–Trinajstić information content (AvgIpc) is 2.37. The largest absolute Gasteiger partial charge is 0.410 e. The second-order valence-electron chi connectivity index (χ2n) is 4.67. The molecule has 0 bridgehead atoms. The van der Waals surface area contributed by atoms with Gasteiger partial charge in [-0.3, -0.25) is 10.1 Å². The van der Waals surface area contributed by atoms with Crippen LogP contribution in [0.25, 0.3) is 0 Å². The fourth-order valence-electron chi connectivity index (χ4n) is 2.09. The number of benzene rings is 1. The summed E-state index contributed by atoms with van der Waals surface area (Å²) in [6.07, 6.45) is -4.56. The van der Waals surface area contributed by atoms with E-state index in [9.17, 15) is 18.0 Å². The van der Waals surface area contributed by atoms with Gasteiger partial charge in [-0.25, -0.2) is 0 Å². The normalized spacial score (nSPS) is 27.5. The molecular weight excluding hydrogens is 281 g/mol. The topological polar surface area (TPSA) is 41.1 Å². The molecule has 1 aliphatic heterocycles. The monoisotopic (exact) mass is 292 g/mol. The van der Waals surface area contributed by atoms with Crippen molar-refractivity contribution in [3.63, 3.8) is 0 Å². The molecule has 2 atom stereocenters. The summed E-state index contributed by atoms with van der Waals surface area (Å²) in [6, 6.07) is 3.06. The predicted octanol–water partition coefficient (Wildman–Crippen LogP) is 3.05. The van der Waals surface area contributed by atoms with E-state index in [-0.39, 0.29) is 16.3 Å². The number of alkyl halides is 3. The second-order valence-corrected chi connectivity index (χ2v) is 5.10. The Bertz CT molecular complexity index is 532. The molecule has 7 heteroatoms. The van der Waals surface area contributed by atoms with Gasteiger partial charge in [0.2, 0.25) is 5.91 Å². The van der Waals surface area contributed by atoms with E-state index in [1.807, 2.05) is 0 Å². The lowest BCUT2D eigenvalue weighted by molar-refractivity contribution is -0.196. The lowest BCUT2D eigenvalue weighted by atomic mass is 9.89. The van der Waals surface area contributed by atoms with Gasteiger partial charge in [0.25, 0.3) is 0 Å². The Kier molecular flexibility index (Phi) is 3.26. The lowest BCUT2D eigenvalue weighted by Crippen LogP contribution is -2.55. The highest BCUT2D eigenvalue weighted by molar-refractivity contribution is 6.30. The van der Waals surface area contributed by atoms with E-state index in [0.29, 0.717) is 0 Å². The molecule has 0 aliphatic carbocycles. The number of carbonyl (C=O) groups is 1. The average molecular weight is 293 g/mol. The molecular formula is C12H12ClF3N2O. The standard InChI is InChI=1S/C12H12ClF3N2O/c1-6-10(19)17-9-4-3-7(13)5-8(9)11(2,18-6)12(14,15)16/h3-6,18H,1-2H3,(H,17,19)/t6-,11?/m0/s1. The van der Waals surface area contributed by atoms with Gasteiger partial charge in [0, 0.05) is 16.3 Å². The number of hydrogen-bond acceptors (Lipinski definition) is 2. The summed E-state index contributed by atoms with van der Waals surface area (Å²) in [5.74, 6) is -0.517. The highest BCUT2D eigenvalue weighted by Gasteiger charge is 2.55. The Balaban J connectivity index is 2.68. The molecule has 0 radical (unpaired) electrons. The molecule has 1 unspecified atom stereocenters. The smallest absolute Gasteiger partial charge is 0.324 e. The quantitative estimate of drug-likeness (QED) is 0.772. The van der Waals surface area contributed by atoms with Crippen LogP contribution in [0.3, 0.4) is 0 Å². The molecule has 1 heterocycles. The molecule has 1 aromatic carbocycles. The third-order valence-corrected chi connectivity index (χ3v) is 3.48. The minimum absolute atomic E-state index is 0.0924. The Morgan fingerprint density at radius 1 is 1.37 bits per heavy atom. The highest BCUT2D eigenvalue weighted by atomic mass is 35.5. The van der Waals surface area contributed by atoms with Gasteiger partial charge >= 0.3 is 6.18 Å². The van der Waals surface area contributed by atoms with Crippen LogP contribution in [0.1, 0.15) is 19.4 Å². The lowest BCUT2D eigenvalue weighted by Gasteiger charge is -2.34. The Morgan fingerprint density at radius 2 is 2.00 bits per heavy atom. The van der Waals surface area contributed by atoms with E-state index in [4.69, 9.17) is 11.6 Å². The first-order chi connectivity index (χ1) is 8.65. The number of nitrogens with one attached hydrogen (secondary N) is 2. The van der Waals surface area contributed by atoms with Crippen molar-refractivity contribution in [2.24, 2.45) is 0 Å². The maximum atomic E-state index is 13.4. The van der Waals surface area contributed by atoms with Crippen LogP contribution in [0, 0.1) is 0 Å². The van der Waals surface area contributed by atoms with Gasteiger partial charge in [0.1, 0.15) is 5.54 Å². The number of carbonyl (C=O) groups excluding carboxylic acids is 1. The first-order valence-corrected chi connectivity index (χ1v) is 5.98. The van der Waals surface area contributed by atoms with Gasteiger partial charge in [-0.05, 0) is 32.0 Å². The molecule has 0 saturated heterocycles. The van der Waals surface area contributed by atoms with E-state index < -0.39 is 23.7 Å². The molecule has 2 N–H and O–H groups in total. The summed E-state index contributed by atoms with van der Waals surface area (Å²) in [5.41, 5.74) is -2.32. The Labute approximate surface area is 113 Å². The summed E-state index contributed by atoms with van der Waals surface area (Å²) in [6.45, 7) is 2.38. The number of fused-ring (bicyclic) bond motifs is 1. The highest BCUT2D eigenvalue weighted by Crippen LogP contribution is 2.44. The first kappa shape index (κ1) is 14.1. The molecule has 0 saturated carbocycles. The Hall–Kier alpha value is -1.27. The van der Waals surface area contributed by atoms with Crippen molar-refractivity contribution in [2.75, 3.05) is 5.32 Å². The van der Waals surface area contributed by atoms with Crippen LogP contribution >= 0.6 is 11.6 Å². The SMILES string of the molecule is C[C@@H]1NC(C)(C(F)(F)F)c2cc(Cl)ccc2NC1=O. The molecule has 2 rings (SSSR count). The van der Waals surface area contributed by atoms with Crippen molar-refractivity contribution in [2.45, 2.75) is 31.6 Å². The molecule has 0 aromatic heterocycles. The van der Waals surface area contributed by atoms with Gasteiger partial charge < -0.3 is 5.32 Å². The van der Waals surface area contributed by atoms with Gasteiger partial charge in [0.15, 0.2) is 0 Å². The van der Waals surface area contributed by atoms with E-state index in [1.54, 1.807) is 0 Å². The Morgan fingerprint density at radius 3 is 2.58 bits per heavy atom. The predicted molar refractivity (Wildman–Crippen MR) is 66.1 cm³/mol. The van der Waals surface area contributed by atoms with E-state index in [0.717, 1.165) is 6.92 Å². The van der Waals surface area contributed by atoms with Crippen LogP contribution in [-0.4, -0.2) is 18.1 Å². The zero-order chi connectivity index (χ0) is 14.4. The van der Waals surface area contributed by atoms with Crippen molar-refractivity contribution in [1.82, 2.24) is 5.32 Å². The molecule has 1 aliphatic rings. The molecule has 0 fully saturated rings. The zero-order valence-electron chi connectivity index (χ0n) is 10.2. The van der Waals surface area contributed by atoms with Crippen LogP contribution in [-0.2, 0) is 10.3 Å². The maximum Gasteiger partial charge on any atom is 0.410 e. The zero-order valence-corrected chi connectivity index (χ0v) is 11.0. The third-order valence-electron chi connectivity index (χ3n) is 3.24. The summed E-state index contributed by atoms with van der Waals surface area (Å²) in [5, 5.41) is 4.98. The summed E-state index contributed by atoms with van der Waals surface area (Å²) in [7, 11) is 0. The van der Waals surface area contributed by atoms with Gasteiger partial charge in [0.05, 0.1) is 6.04 Å².